The summed E-state index contributed by atoms with van der Waals surface area (Å²) in [6, 6.07) is 0. The van der Waals surface area contributed by atoms with Gasteiger partial charge in [-0.3, -0.25) is 4.79 Å². The Bertz CT molecular complexity index is 132. The highest BCUT2D eigenvalue weighted by Crippen LogP contribution is 2.20. The van der Waals surface area contributed by atoms with E-state index in [0.717, 1.165) is 5.75 Å². The molecule has 0 aliphatic carbocycles. The molecule has 1 amide bonds. The van der Waals surface area contributed by atoms with E-state index in [-0.39, 0.29) is 6.42 Å². The first-order valence-electron chi connectivity index (χ1n) is 3.12. The van der Waals surface area contributed by atoms with Crippen LogP contribution in [0.1, 0.15) is 6.42 Å². The summed E-state index contributed by atoms with van der Waals surface area (Å²) < 4.78 is 0. The van der Waals surface area contributed by atoms with Gasteiger partial charge in [-0.15, -0.1) is 4.91 Å². The lowest BCUT2D eigenvalue weighted by Gasteiger charge is -1.94. The van der Waals surface area contributed by atoms with Gasteiger partial charge in [0.05, 0.1) is 0 Å². The van der Waals surface area contributed by atoms with Crippen LogP contribution in [0.15, 0.2) is 5.18 Å². The molecule has 0 aromatic rings. The van der Waals surface area contributed by atoms with E-state index in [1.165, 1.54) is 10.8 Å². The number of nitroso groups, excluding NO2 is 1. The lowest BCUT2D eigenvalue weighted by molar-refractivity contribution is -0.117. The van der Waals surface area contributed by atoms with Gasteiger partial charge in [0.1, 0.15) is 0 Å². The van der Waals surface area contributed by atoms with Crippen molar-refractivity contribution in [2.24, 2.45) is 10.9 Å². The third kappa shape index (κ3) is 7.83. The van der Waals surface area contributed by atoms with Gasteiger partial charge >= 0.3 is 0 Å². The molecule has 0 aliphatic rings. The molecular formula is C5H10N2O2S2. The first kappa shape index (κ1) is 10.9. The van der Waals surface area contributed by atoms with Crippen molar-refractivity contribution in [1.82, 2.24) is 0 Å². The Morgan fingerprint density at radius 2 is 2.00 bits per heavy atom. The van der Waals surface area contributed by atoms with Gasteiger partial charge in [0.25, 0.3) is 5.91 Å². The highest BCUT2D eigenvalue weighted by atomic mass is 33.1. The number of carbonyl (C=O) groups excluding carboxylic acids is 1. The average Bonchev–Trinajstić information content (AvgIpc) is 2.04. The molecule has 0 heterocycles. The van der Waals surface area contributed by atoms with Crippen LogP contribution in [-0.4, -0.2) is 24.0 Å². The van der Waals surface area contributed by atoms with Gasteiger partial charge in [0.15, 0.2) is 0 Å². The number of nitrogens with two attached hydrogens (primary N) is 1. The summed E-state index contributed by atoms with van der Waals surface area (Å²) in [6.45, 7) is 0.636. The number of hydrogen-bond donors (Lipinski definition) is 1. The van der Waals surface area contributed by atoms with Gasteiger partial charge < -0.3 is 5.73 Å². The fraction of sp³-hybridized carbons (Fsp3) is 0.800. The normalized spacial score (nSPS) is 9.55. The van der Waals surface area contributed by atoms with Crippen molar-refractivity contribution in [1.29, 1.82) is 0 Å². The van der Waals surface area contributed by atoms with Crippen LogP contribution in [-0.2, 0) is 4.79 Å². The van der Waals surface area contributed by atoms with Gasteiger partial charge in [-0.25, -0.2) is 0 Å². The van der Waals surface area contributed by atoms with E-state index in [1.807, 2.05) is 0 Å². The maximum Gasteiger partial charge on any atom is 0.287 e. The summed E-state index contributed by atoms with van der Waals surface area (Å²) in [6.07, 6.45) is 0.228. The number of carbonyl (C=O) groups is 1. The topological polar surface area (TPSA) is 72.5 Å². The van der Waals surface area contributed by atoms with E-state index in [4.69, 9.17) is 5.73 Å². The smallest absolute Gasteiger partial charge is 0.287 e. The quantitative estimate of drug-likeness (QED) is 0.388. The molecule has 2 N–H and O–H groups in total. The third-order valence-corrected chi connectivity index (χ3v) is 3.23. The van der Waals surface area contributed by atoms with Crippen LogP contribution < -0.4 is 5.73 Å². The van der Waals surface area contributed by atoms with Crippen molar-refractivity contribution in [3.63, 3.8) is 0 Å². The van der Waals surface area contributed by atoms with Crippen molar-refractivity contribution in [2.75, 3.05) is 18.1 Å². The van der Waals surface area contributed by atoms with Crippen molar-refractivity contribution >= 4 is 27.5 Å². The van der Waals surface area contributed by atoms with Crippen LogP contribution in [0.3, 0.4) is 0 Å². The van der Waals surface area contributed by atoms with Crippen LogP contribution in [0.25, 0.3) is 0 Å². The number of amides is 1. The molecule has 0 atom stereocenters. The second-order valence-electron chi connectivity index (χ2n) is 1.67. The van der Waals surface area contributed by atoms with Crippen molar-refractivity contribution in [3.8, 4) is 0 Å². The van der Waals surface area contributed by atoms with E-state index >= 15 is 0 Å². The fourth-order valence-electron chi connectivity index (χ4n) is 0.341. The van der Waals surface area contributed by atoms with E-state index in [1.54, 1.807) is 10.8 Å². The molecule has 0 saturated carbocycles. The molecular weight excluding hydrogens is 184 g/mol. The SMILES string of the molecule is NCCSSCCC(=O)N=O. The van der Waals surface area contributed by atoms with Crippen LogP contribution in [0, 0.1) is 4.91 Å². The Morgan fingerprint density at radius 1 is 1.36 bits per heavy atom. The Morgan fingerprint density at radius 3 is 2.55 bits per heavy atom. The second kappa shape index (κ2) is 8.03. The van der Waals surface area contributed by atoms with Crippen molar-refractivity contribution in [3.05, 3.63) is 4.91 Å². The summed E-state index contributed by atoms with van der Waals surface area (Å²) in [5, 5.41) is 2.27. The van der Waals surface area contributed by atoms with E-state index < -0.39 is 5.91 Å². The largest absolute Gasteiger partial charge is 0.330 e. The minimum Gasteiger partial charge on any atom is -0.330 e. The summed E-state index contributed by atoms with van der Waals surface area (Å²) in [5.74, 6) is 0.925. The predicted octanol–water partition coefficient (Wildman–Crippen LogP) is 1.01. The van der Waals surface area contributed by atoms with Crippen LogP contribution in [0.2, 0.25) is 0 Å². The van der Waals surface area contributed by atoms with E-state index in [9.17, 15) is 9.70 Å². The zero-order valence-electron chi connectivity index (χ0n) is 5.99. The molecule has 0 rings (SSSR count). The molecule has 0 aromatic carbocycles. The molecule has 6 heteroatoms. The summed E-state index contributed by atoms with van der Waals surface area (Å²) in [5.41, 5.74) is 5.23. The molecule has 0 radical (unpaired) electrons. The third-order valence-electron chi connectivity index (χ3n) is 0.786. The predicted molar refractivity (Wildman–Crippen MR) is 49.4 cm³/mol. The Hall–Kier alpha value is -0.0700. The maximum absolute atomic E-state index is 10.3. The van der Waals surface area contributed by atoms with E-state index in [0.29, 0.717) is 12.3 Å². The first-order chi connectivity index (χ1) is 5.31. The highest BCUT2D eigenvalue weighted by Gasteiger charge is 1.99. The van der Waals surface area contributed by atoms with Crippen LogP contribution in [0.5, 0.6) is 0 Å². The molecule has 64 valence electrons. The number of hydrogen-bond acceptors (Lipinski definition) is 5. The lowest BCUT2D eigenvalue weighted by Crippen LogP contribution is -2.00. The number of nitrogens with zero attached hydrogens (tertiary/aromatic N) is 1. The molecule has 11 heavy (non-hydrogen) atoms. The van der Waals surface area contributed by atoms with Gasteiger partial charge in [-0.05, 0) is 0 Å². The summed E-state index contributed by atoms with van der Waals surface area (Å²) >= 11 is 0. The standard InChI is InChI=1S/C5H10N2O2S2/c6-2-4-11-10-3-1-5(8)7-9/h1-4,6H2. The molecule has 0 fully saturated rings. The maximum atomic E-state index is 10.3. The molecule has 0 spiro atoms. The molecule has 4 nitrogen and oxygen atoms in total. The van der Waals surface area contributed by atoms with Crippen LogP contribution in [0.4, 0.5) is 0 Å². The van der Waals surface area contributed by atoms with Crippen molar-refractivity contribution < 1.29 is 4.79 Å². The Kier molecular flexibility index (Phi) is 7.98. The minimum absolute atomic E-state index is 0.228. The summed E-state index contributed by atoms with van der Waals surface area (Å²) in [7, 11) is 3.14. The molecule has 0 bridgehead atoms. The summed E-state index contributed by atoms with van der Waals surface area (Å²) in [4.78, 5) is 19.9. The van der Waals surface area contributed by atoms with Gasteiger partial charge in [-0.1, -0.05) is 21.6 Å². The van der Waals surface area contributed by atoms with E-state index in [2.05, 4.69) is 5.18 Å². The average molecular weight is 194 g/mol. The zero-order chi connectivity index (χ0) is 8.53. The Labute approximate surface area is 73.0 Å². The lowest BCUT2D eigenvalue weighted by atomic mass is 10.5. The van der Waals surface area contributed by atoms with Crippen LogP contribution >= 0.6 is 21.6 Å². The fourth-order valence-corrected chi connectivity index (χ4v) is 2.18. The molecule has 0 aliphatic heterocycles. The zero-order valence-corrected chi connectivity index (χ0v) is 7.62. The van der Waals surface area contributed by atoms with Crippen molar-refractivity contribution in [2.45, 2.75) is 6.42 Å². The highest BCUT2D eigenvalue weighted by molar-refractivity contribution is 8.76. The molecule has 0 unspecified atom stereocenters. The molecule has 0 aromatic heterocycles. The van der Waals surface area contributed by atoms with Gasteiger partial charge in [-0.2, -0.15) is 0 Å². The minimum atomic E-state index is -0.578. The number of rotatable bonds is 6. The van der Waals surface area contributed by atoms with Gasteiger partial charge in [0, 0.05) is 29.6 Å². The van der Waals surface area contributed by atoms with Gasteiger partial charge in [0.2, 0.25) is 0 Å². The Balaban J connectivity index is 3.01. The first-order valence-corrected chi connectivity index (χ1v) is 5.60. The molecule has 0 saturated heterocycles. The monoisotopic (exact) mass is 194 g/mol. The second-order valence-corrected chi connectivity index (χ2v) is 4.37.